The maximum atomic E-state index is 12.3. The van der Waals surface area contributed by atoms with Gasteiger partial charge >= 0.3 is 5.69 Å². The summed E-state index contributed by atoms with van der Waals surface area (Å²) < 4.78 is 7.85. The molecule has 3 rings (SSSR count). The van der Waals surface area contributed by atoms with Gasteiger partial charge in [0.05, 0.1) is 23.7 Å². The van der Waals surface area contributed by atoms with E-state index in [4.69, 9.17) is 4.42 Å². The molecular weight excluding hydrogens is 244 g/mol. The maximum absolute atomic E-state index is 12.3. The van der Waals surface area contributed by atoms with E-state index in [-0.39, 0.29) is 17.8 Å². The van der Waals surface area contributed by atoms with Gasteiger partial charge < -0.3 is 4.42 Å². The SMILES string of the molecule is Cn1c(=O)n(Cc2ccco2)c(=O)c2ccccc21. The molecule has 5 nitrogen and oxygen atoms in total. The second kappa shape index (κ2) is 4.28. The monoisotopic (exact) mass is 256 g/mol. The van der Waals surface area contributed by atoms with Crippen molar-refractivity contribution >= 4 is 10.9 Å². The highest BCUT2D eigenvalue weighted by molar-refractivity contribution is 5.77. The molecule has 0 unspecified atom stereocenters. The second-order valence-electron chi connectivity index (χ2n) is 4.33. The Morgan fingerprint density at radius 2 is 1.89 bits per heavy atom. The first kappa shape index (κ1) is 11.5. The number of aryl methyl sites for hydroxylation is 1. The van der Waals surface area contributed by atoms with Crippen LogP contribution in [-0.4, -0.2) is 9.13 Å². The molecule has 0 aliphatic heterocycles. The van der Waals surface area contributed by atoms with Gasteiger partial charge in [0.2, 0.25) is 0 Å². The molecule has 1 aromatic carbocycles. The fraction of sp³-hybridized carbons (Fsp3) is 0.143. The standard InChI is InChI=1S/C14H12N2O3/c1-15-12-7-3-2-6-11(12)13(17)16(14(15)18)9-10-5-4-8-19-10/h2-8H,9H2,1H3. The molecule has 2 heterocycles. The van der Waals surface area contributed by atoms with Gasteiger partial charge in [0.15, 0.2) is 0 Å². The molecule has 0 radical (unpaired) electrons. The summed E-state index contributed by atoms with van der Waals surface area (Å²) in [6.07, 6.45) is 1.52. The highest BCUT2D eigenvalue weighted by Gasteiger charge is 2.11. The van der Waals surface area contributed by atoms with E-state index in [2.05, 4.69) is 0 Å². The molecule has 0 N–H and O–H groups in total. The van der Waals surface area contributed by atoms with Gasteiger partial charge in [-0.05, 0) is 24.3 Å². The van der Waals surface area contributed by atoms with E-state index in [0.717, 1.165) is 0 Å². The van der Waals surface area contributed by atoms with Crippen molar-refractivity contribution in [3.05, 3.63) is 69.3 Å². The van der Waals surface area contributed by atoms with Crippen LogP contribution >= 0.6 is 0 Å². The first-order chi connectivity index (χ1) is 9.18. The highest BCUT2D eigenvalue weighted by atomic mass is 16.3. The van der Waals surface area contributed by atoms with Crippen molar-refractivity contribution in [3.63, 3.8) is 0 Å². The molecule has 0 aliphatic carbocycles. The van der Waals surface area contributed by atoms with Gasteiger partial charge in [0, 0.05) is 7.05 Å². The van der Waals surface area contributed by atoms with Crippen molar-refractivity contribution in [2.24, 2.45) is 7.05 Å². The molecule has 0 amide bonds. The van der Waals surface area contributed by atoms with Crippen LogP contribution in [0.5, 0.6) is 0 Å². The van der Waals surface area contributed by atoms with Crippen LogP contribution in [0.2, 0.25) is 0 Å². The molecule has 0 saturated carbocycles. The first-order valence-electron chi connectivity index (χ1n) is 5.89. The molecule has 96 valence electrons. The summed E-state index contributed by atoms with van der Waals surface area (Å²) in [5.41, 5.74) is -0.0107. The van der Waals surface area contributed by atoms with Crippen LogP contribution in [-0.2, 0) is 13.6 Å². The Balaban J connectivity index is 2.31. The van der Waals surface area contributed by atoms with Crippen LogP contribution in [0.3, 0.4) is 0 Å². The van der Waals surface area contributed by atoms with Crippen molar-refractivity contribution in [1.82, 2.24) is 9.13 Å². The van der Waals surface area contributed by atoms with Crippen LogP contribution in [0.4, 0.5) is 0 Å². The fourth-order valence-corrected chi connectivity index (χ4v) is 2.16. The van der Waals surface area contributed by atoms with Crippen LogP contribution in [0, 0.1) is 0 Å². The van der Waals surface area contributed by atoms with Crippen molar-refractivity contribution in [3.8, 4) is 0 Å². The summed E-state index contributed by atoms with van der Waals surface area (Å²) in [6.45, 7) is 0.142. The van der Waals surface area contributed by atoms with E-state index in [1.807, 2.05) is 0 Å². The third-order valence-corrected chi connectivity index (χ3v) is 3.15. The summed E-state index contributed by atoms with van der Waals surface area (Å²) in [7, 11) is 1.66. The molecule has 0 saturated heterocycles. The number of rotatable bonds is 2. The lowest BCUT2D eigenvalue weighted by molar-refractivity contribution is 0.481. The normalized spacial score (nSPS) is 11.0. The Hall–Kier alpha value is -2.56. The zero-order chi connectivity index (χ0) is 13.4. The smallest absolute Gasteiger partial charge is 0.331 e. The van der Waals surface area contributed by atoms with Crippen LogP contribution in [0.15, 0.2) is 56.7 Å². The molecular formula is C14H12N2O3. The molecule has 0 bridgehead atoms. The van der Waals surface area contributed by atoms with Crippen LogP contribution in [0.25, 0.3) is 10.9 Å². The van der Waals surface area contributed by atoms with Gasteiger partial charge in [-0.2, -0.15) is 0 Å². The average molecular weight is 256 g/mol. The van der Waals surface area contributed by atoms with Gasteiger partial charge in [-0.1, -0.05) is 12.1 Å². The van der Waals surface area contributed by atoms with E-state index < -0.39 is 0 Å². The maximum Gasteiger partial charge on any atom is 0.331 e. The minimum atomic E-state index is -0.347. The zero-order valence-electron chi connectivity index (χ0n) is 10.4. The van der Waals surface area contributed by atoms with E-state index in [1.165, 1.54) is 15.4 Å². The van der Waals surface area contributed by atoms with E-state index in [0.29, 0.717) is 16.7 Å². The number of fused-ring (bicyclic) bond motifs is 1. The third kappa shape index (κ3) is 1.79. The molecule has 5 heteroatoms. The zero-order valence-corrected chi connectivity index (χ0v) is 10.4. The summed E-state index contributed by atoms with van der Waals surface area (Å²) in [5.74, 6) is 0.578. The summed E-state index contributed by atoms with van der Waals surface area (Å²) in [4.78, 5) is 24.5. The van der Waals surface area contributed by atoms with E-state index in [9.17, 15) is 9.59 Å². The molecule has 2 aromatic heterocycles. The molecule has 0 aliphatic rings. The number of furan rings is 1. The number of aromatic nitrogens is 2. The Kier molecular flexibility index (Phi) is 2.59. The van der Waals surface area contributed by atoms with Crippen LogP contribution in [0.1, 0.15) is 5.76 Å². The van der Waals surface area contributed by atoms with Gasteiger partial charge in [0.25, 0.3) is 5.56 Å². The lowest BCUT2D eigenvalue weighted by Gasteiger charge is -2.09. The van der Waals surface area contributed by atoms with Gasteiger partial charge in [0.1, 0.15) is 5.76 Å². The number of nitrogens with zero attached hydrogens (tertiary/aromatic N) is 2. The van der Waals surface area contributed by atoms with Crippen molar-refractivity contribution in [2.45, 2.75) is 6.54 Å². The van der Waals surface area contributed by atoms with Crippen LogP contribution < -0.4 is 11.2 Å². The van der Waals surface area contributed by atoms with E-state index >= 15 is 0 Å². The largest absolute Gasteiger partial charge is 0.467 e. The molecule has 19 heavy (non-hydrogen) atoms. The van der Waals surface area contributed by atoms with Gasteiger partial charge in [-0.25, -0.2) is 4.79 Å². The third-order valence-electron chi connectivity index (χ3n) is 3.15. The average Bonchev–Trinajstić information content (AvgIpc) is 2.94. The molecule has 0 spiro atoms. The first-order valence-corrected chi connectivity index (χ1v) is 5.89. The number of para-hydroxylation sites is 1. The predicted molar refractivity (Wildman–Crippen MR) is 71.3 cm³/mol. The lowest BCUT2D eigenvalue weighted by Crippen LogP contribution is -2.39. The minimum absolute atomic E-state index is 0.142. The fourth-order valence-electron chi connectivity index (χ4n) is 2.16. The highest BCUT2D eigenvalue weighted by Crippen LogP contribution is 2.07. The van der Waals surface area contributed by atoms with Gasteiger partial charge in [-0.15, -0.1) is 0 Å². The number of benzene rings is 1. The Morgan fingerprint density at radius 3 is 2.63 bits per heavy atom. The quantitative estimate of drug-likeness (QED) is 0.695. The molecule has 0 atom stereocenters. The van der Waals surface area contributed by atoms with Crippen molar-refractivity contribution in [2.75, 3.05) is 0 Å². The van der Waals surface area contributed by atoms with E-state index in [1.54, 1.807) is 43.4 Å². The van der Waals surface area contributed by atoms with Gasteiger partial charge in [-0.3, -0.25) is 13.9 Å². The summed E-state index contributed by atoms with van der Waals surface area (Å²) >= 11 is 0. The molecule has 0 fully saturated rings. The van der Waals surface area contributed by atoms with Crippen molar-refractivity contribution in [1.29, 1.82) is 0 Å². The summed E-state index contributed by atoms with van der Waals surface area (Å²) in [6, 6.07) is 10.5. The van der Waals surface area contributed by atoms with Crippen molar-refractivity contribution < 1.29 is 4.42 Å². The Labute approximate surface area is 108 Å². The topological polar surface area (TPSA) is 57.1 Å². The Morgan fingerprint density at radius 1 is 1.11 bits per heavy atom. The molecule has 3 aromatic rings. The second-order valence-corrected chi connectivity index (χ2v) is 4.33. The number of hydrogen-bond donors (Lipinski definition) is 0. The summed E-state index contributed by atoms with van der Waals surface area (Å²) in [5, 5.41) is 0.524. The predicted octanol–water partition coefficient (Wildman–Crippen LogP) is 1.34. The Bertz CT molecular complexity index is 841. The lowest BCUT2D eigenvalue weighted by atomic mass is 10.2. The minimum Gasteiger partial charge on any atom is -0.467 e. The number of hydrogen-bond acceptors (Lipinski definition) is 3.